The molecule has 1 saturated carbocycles. The number of carbonyl (C=O) groups excluding carboxylic acids is 1. The first-order valence-electron chi connectivity index (χ1n) is 10.5. The summed E-state index contributed by atoms with van der Waals surface area (Å²) in [5.41, 5.74) is 0.618. The van der Waals surface area contributed by atoms with Gasteiger partial charge in [0.1, 0.15) is 16.7 Å². The lowest BCUT2D eigenvalue weighted by Crippen LogP contribution is -2.40. The molecule has 3 aromatic rings. The maximum Gasteiger partial charge on any atom is 0.254 e. The van der Waals surface area contributed by atoms with Crippen molar-refractivity contribution in [2.75, 3.05) is 24.3 Å². The molecule has 0 saturated heterocycles. The van der Waals surface area contributed by atoms with Crippen LogP contribution in [0.3, 0.4) is 0 Å². The minimum atomic E-state index is -1.04. The molecule has 1 aromatic heterocycles. The molecule has 0 spiro atoms. The lowest BCUT2D eigenvalue weighted by molar-refractivity contribution is 0.0922. The molecule has 32 heavy (non-hydrogen) atoms. The number of anilines is 2. The number of rotatable bonds is 5. The fourth-order valence-electron chi connectivity index (χ4n) is 3.99. The maximum absolute atomic E-state index is 14.1. The van der Waals surface area contributed by atoms with E-state index in [1.807, 2.05) is 43.3 Å². The van der Waals surface area contributed by atoms with Crippen LogP contribution in [0.15, 0.2) is 36.4 Å². The zero-order valence-corrected chi connectivity index (χ0v) is 18.6. The molecular weight excluding hydrogens is 436 g/mol. The summed E-state index contributed by atoms with van der Waals surface area (Å²) in [4.78, 5) is 23.7. The number of fused-ring (bicyclic) bond motifs is 1. The number of benzene rings is 2. The Balaban J connectivity index is 1.38. The molecule has 0 aliphatic heterocycles. The Hall–Kier alpha value is -3.00. The summed E-state index contributed by atoms with van der Waals surface area (Å²) in [5, 5.41) is 6.57. The first kappa shape index (κ1) is 22.2. The zero-order valence-electron chi connectivity index (χ0n) is 17.8. The Kier molecular flexibility index (Phi) is 6.41. The van der Waals surface area contributed by atoms with Crippen LogP contribution < -0.4 is 15.5 Å². The van der Waals surface area contributed by atoms with Crippen molar-refractivity contribution in [2.24, 2.45) is 0 Å². The zero-order chi connectivity index (χ0) is 22.8. The van der Waals surface area contributed by atoms with E-state index in [9.17, 15) is 13.6 Å². The van der Waals surface area contributed by atoms with Gasteiger partial charge < -0.3 is 15.5 Å². The number of amides is 1. The largest absolute Gasteiger partial charge is 0.362 e. The van der Waals surface area contributed by atoms with Gasteiger partial charge in [-0.1, -0.05) is 23.7 Å². The van der Waals surface area contributed by atoms with Gasteiger partial charge >= 0.3 is 0 Å². The summed E-state index contributed by atoms with van der Waals surface area (Å²) in [5.74, 6) is -1.10. The summed E-state index contributed by atoms with van der Waals surface area (Å²) < 4.78 is 27.4. The Labute approximate surface area is 190 Å². The van der Waals surface area contributed by atoms with E-state index in [0.29, 0.717) is 18.8 Å². The van der Waals surface area contributed by atoms with Gasteiger partial charge in [0.05, 0.1) is 11.1 Å². The standard InChI is InChI=1S/C23H24ClF2N5O/c1-31(2)21-15-5-3-4-6-18(15)29-23(30-21)28-14-9-7-13(8-10-14)27-22(32)16-11-12-17(25)19(24)20(16)26/h3-6,11-14H,7-10H2,1-2H3,(H,27,32)(H,28,29,30)/t13-,14+. The first-order chi connectivity index (χ1) is 15.3. The van der Waals surface area contributed by atoms with E-state index >= 15 is 0 Å². The number of para-hydroxylation sites is 1. The predicted octanol–water partition coefficient (Wildman–Crippen LogP) is 4.78. The highest BCUT2D eigenvalue weighted by Gasteiger charge is 2.25. The quantitative estimate of drug-likeness (QED) is 0.537. The van der Waals surface area contributed by atoms with Gasteiger partial charge in [-0.15, -0.1) is 0 Å². The summed E-state index contributed by atoms with van der Waals surface area (Å²) in [7, 11) is 3.90. The summed E-state index contributed by atoms with van der Waals surface area (Å²) in [6.45, 7) is 0. The molecule has 0 bridgehead atoms. The minimum Gasteiger partial charge on any atom is -0.362 e. The molecule has 0 radical (unpaired) electrons. The fourth-order valence-corrected chi connectivity index (χ4v) is 4.16. The summed E-state index contributed by atoms with van der Waals surface area (Å²) in [6, 6.07) is 10.0. The van der Waals surface area contributed by atoms with Crippen LogP contribution in [0, 0.1) is 11.6 Å². The van der Waals surface area contributed by atoms with Gasteiger partial charge in [0, 0.05) is 31.6 Å². The van der Waals surface area contributed by atoms with Crippen molar-refractivity contribution >= 4 is 40.2 Å². The van der Waals surface area contributed by atoms with Crippen LogP contribution in [0.2, 0.25) is 5.02 Å². The highest BCUT2D eigenvalue weighted by molar-refractivity contribution is 6.31. The molecular formula is C23H24ClF2N5O. The number of nitrogens with zero attached hydrogens (tertiary/aromatic N) is 3. The van der Waals surface area contributed by atoms with Gasteiger partial charge in [-0.2, -0.15) is 4.98 Å². The van der Waals surface area contributed by atoms with Crippen molar-refractivity contribution in [3.05, 3.63) is 58.6 Å². The lowest BCUT2D eigenvalue weighted by Gasteiger charge is -2.30. The molecule has 9 heteroatoms. The van der Waals surface area contributed by atoms with Crippen LogP contribution in [0.4, 0.5) is 20.5 Å². The van der Waals surface area contributed by atoms with Crippen LogP contribution in [-0.2, 0) is 0 Å². The third kappa shape index (κ3) is 4.60. The average molecular weight is 460 g/mol. The highest BCUT2D eigenvalue weighted by Crippen LogP contribution is 2.27. The second-order valence-corrected chi connectivity index (χ2v) is 8.55. The molecule has 1 aliphatic carbocycles. The monoisotopic (exact) mass is 459 g/mol. The Morgan fingerprint density at radius 2 is 1.72 bits per heavy atom. The SMILES string of the molecule is CN(C)c1nc(N[C@H]2CC[C@@H](NC(=O)c3ccc(F)c(Cl)c3F)CC2)nc2ccccc12. The van der Waals surface area contributed by atoms with E-state index in [4.69, 9.17) is 11.6 Å². The average Bonchev–Trinajstić information content (AvgIpc) is 2.78. The van der Waals surface area contributed by atoms with Crippen LogP contribution >= 0.6 is 11.6 Å². The molecule has 6 nitrogen and oxygen atoms in total. The van der Waals surface area contributed by atoms with Crippen molar-refractivity contribution in [2.45, 2.75) is 37.8 Å². The second-order valence-electron chi connectivity index (χ2n) is 8.17. The Morgan fingerprint density at radius 3 is 2.44 bits per heavy atom. The van der Waals surface area contributed by atoms with Gasteiger partial charge in [-0.3, -0.25) is 4.79 Å². The molecule has 0 atom stereocenters. The van der Waals surface area contributed by atoms with Gasteiger partial charge in [-0.05, 0) is 49.9 Å². The molecule has 0 unspecified atom stereocenters. The highest BCUT2D eigenvalue weighted by atomic mass is 35.5. The number of carbonyl (C=O) groups is 1. The summed E-state index contributed by atoms with van der Waals surface area (Å²) in [6.07, 6.45) is 3.03. The number of nitrogens with one attached hydrogen (secondary N) is 2. The van der Waals surface area contributed by atoms with Crippen molar-refractivity contribution in [1.82, 2.24) is 15.3 Å². The maximum atomic E-state index is 14.1. The van der Waals surface area contributed by atoms with E-state index in [2.05, 4.69) is 20.6 Å². The van der Waals surface area contributed by atoms with Crippen molar-refractivity contribution < 1.29 is 13.6 Å². The number of aromatic nitrogens is 2. The number of halogens is 3. The fraction of sp³-hybridized carbons (Fsp3) is 0.348. The summed E-state index contributed by atoms with van der Waals surface area (Å²) >= 11 is 5.58. The van der Waals surface area contributed by atoms with Crippen LogP contribution in [0.1, 0.15) is 36.0 Å². The number of hydrogen-bond acceptors (Lipinski definition) is 5. The van der Waals surface area contributed by atoms with Gasteiger partial charge in [0.2, 0.25) is 5.95 Å². The normalized spacial score (nSPS) is 18.4. The third-order valence-corrected chi connectivity index (χ3v) is 6.03. The molecule has 4 rings (SSSR count). The van der Waals surface area contributed by atoms with Crippen LogP contribution in [-0.4, -0.2) is 42.1 Å². The number of hydrogen-bond donors (Lipinski definition) is 2. The Bertz CT molecular complexity index is 1150. The topological polar surface area (TPSA) is 70.2 Å². The van der Waals surface area contributed by atoms with Gasteiger partial charge in [-0.25, -0.2) is 13.8 Å². The van der Waals surface area contributed by atoms with E-state index in [1.165, 1.54) is 0 Å². The molecule has 1 heterocycles. The van der Waals surface area contributed by atoms with Gasteiger partial charge in [0.15, 0.2) is 5.82 Å². The molecule has 2 N–H and O–H groups in total. The van der Waals surface area contributed by atoms with Crippen LogP contribution in [0.5, 0.6) is 0 Å². The van der Waals surface area contributed by atoms with E-state index in [-0.39, 0.29) is 17.6 Å². The van der Waals surface area contributed by atoms with E-state index < -0.39 is 22.6 Å². The van der Waals surface area contributed by atoms with Crippen molar-refractivity contribution in [3.8, 4) is 0 Å². The molecule has 168 valence electrons. The Morgan fingerprint density at radius 1 is 1.03 bits per heavy atom. The molecule has 1 amide bonds. The van der Waals surface area contributed by atoms with Crippen LogP contribution in [0.25, 0.3) is 10.9 Å². The first-order valence-corrected chi connectivity index (χ1v) is 10.9. The van der Waals surface area contributed by atoms with Crippen molar-refractivity contribution in [1.29, 1.82) is 0 Å². The molecule has 1 fully saturated rings. The predicted molar refractivity (Wildman–Crippen MR) is 122 cm³/mol. The smallest absolute Gasteiger partial charge is 0.254 e. The third-order valence-electron chi connectivity index (χ3n) is 5.68. The molecule has 1 aliphatic rings. The van der Waals surface area contributed by atoms with Gasteiger partial charge in [0.25, 0.3) is 5.91 Å². The van der Waals surface area contributed by atoms with E-state index in [0.717, 1.165) is 41.7 Å². The van der Waals surface area contributed by atoms with E-state index in [1.54, 1.807) is 0 Å². The lowest BCUT2D eigenvalue weighted by atomic mass is 9.91. The minimum absolute atomic E-state index is 0.0985. The second kappa shape index (κ2) is 9.24. The van der Waals surface area contributed by atoms with Crippen molar-refractivity contribution in [3.63, 3.8) is 0 Å². The molecule has 2 aromatic carbocycles.